The lowest BCUT2D eigenvalue weighted by Crippen LogP contribution is -2.37. The summed E-state index contributed by atoms with van der Waals surface area (Å²) in [5.41, 5.74) is 2.78. The van der Waals surface area contributed by atoms with Crippen LogP contribution in [0.4, 0.5) is 17.1 Å². The van der Waals surface area contributed by atoms with Gasteiger partial charge in [0.2, 0.25) is 15.9 Å². The molecular weight excluding hydrogens is 498 g/mol. The average molecular weight is 522 g/mol. The SMILES string of the molecule is Cc1ccc(NS(=O)(=O)c2ccc(NC(=O)CN(c3ccccc3Cl)S(C)(=O)=O)cc2)c(C)c1. The van der Waals surface area contributed by atoms with Gasteiger partial charge in [-0.3, -0.25) is 13.8 Å². The zero-order valence-corrected chi connectivity index (χ0v) is 21.1. The summed E-state index contributed by atoms with van der Waals surface area (Å²) in [5.74, 6) is -0.616. The van der Waals surface area contributed by atoms with E-state index in [-0.39, 0.29) is 15.6 Å². The average Bonchev–Trinajstić information content (AvgIpc) is 2.74. The largest absolute Gasteiger partial charge is 0.325 e. The highest BCUT2D eigenvalue weighted by atomic mass is 35.5. The molecule has 0 saturated heterocycles. The first-order valence-electron chi connectivity index (χ1n) is 10.1. The minimum Gasteiger partial charge on any atom is -0.325 e. The normalized spacial score (nSPS) is 11.6. The van der Waals surface area contributed by atoms with Crippen LogP contribution in [-0.2, 0) is 24.8 Å². The van der Waals surface area contributed by atoms with E-state index >= 15 is 0 Å². The highest BCUT2D eigenvalue weighted by Gasteiger charge is 2.23. The predicted molar refractivity (Wildman–Crippen MR) is 135 cm³/mol. The molecule has 0 radical (unpaired) electrons. The predicted octanol–water partition coefficient (Wildman–Crippen LogP) is 4.16. The molecule has 8 nitrogen and oxygen atoms in total. The van der Waals surface area contributed by atoms with E-state index in [1.54, 1.807) is 18.2 Å². The molecule has 0 unspecified atom stereocenters. The molecule has 3 aromatic carbocycles. The fourth-order valence-electron chi connectivity index (χ4n) is 3.22. The van der Waals surface area contributed by atoms with Crippen LogP contribution in [0.3, 0.4) is 0 Å². The number of halogens is 1. The number of nitrogens with one attached hydrogen (secondary N) is 2. The number of amides is 1. The van der Waals surface area contributed by atoms with Crippen LogP contribution >= 0.6 is 11.6 Å². The van der Waals surface area contributed by atoms with E-state index in [1.165, 1.54) is 36.4 Å². The monoisotopic (exact) mass is 521 g/mol. The maximum atomic E-state index is 12.7. The van der Waals surface area contributed by atoms with E-state index in [2.05, 4.69) is 10.0 Å². The van der Waals surface area contributed by atoms with Gasteiger partial charge >= 0.3 is 0 Å². The topological polar surface area (TPSA) is 113 Å². The fraction of sp³-hybridized carbons (Fsp3) is 0.174. The van der Waals surface area contributed by atoms with Gasteiger partial charge in [-0.15, -0.1) is 0 Å². The standard InChI is InChI=1S/C23H24ClN3O5S2/c1-16-8-13-21(17(2)14-16)26-34(31,32)19-11-9-18(10-12-19)25-23(28)15-27(33(3,29)30)22-7-5-4-6-20(22)24/h4-14,26H,15H2,1-3H3,(H,25,28). The maximum Gasteiger partial charge on any atom is 0.261 e. The summed E-state index contributed by atoms with van der Waals surface area (Å²) in [6, 6.07) is 17.2. The minimum atomic E-state index is -3.84. The summed E-state index contributed by atoms with van der Waals surface area (Å²) >= 11 is 6.10. The van der Waals surface area contributed by atoms with Gasteiger partial charge in [-0.2, -0.15) is 0 Å². The zero-order chi connectivity index (χ0) is 25.1. The summed E-state index contributed by atoms with van der Waals surface area (Å²) in [5, 5.41) is 2.76. The van der Waals surface area contributed by atoms with Gasteiger partial charge in [0.1, 0.15) is 6.54 Å². The van der Waals surface area contributed by atoms with E-state index in [1.807, 2.05) is 26.0 Å². The summed E-state index contributed by atoms with van der Waals surface area (Å²) in [4.78, 5) is 12.6. The van der Waals surface area contributed by atoms with Gasteiger partial charge in [0.15, 0.2) is 0 Å². The first kappa shape index (κ1) is 25.5. The maximum absolute atomic E-state index is 12.7. The third-order valence-electron chi connectivity index (χ3n) is 4.88. The Bertz CT molecular complexity index is 1420. The van der Waals surface area contributed by atoms with Crippen LogP contribution < -0.4 is 14.3 Å². The van der Waals surface area contributed by atoms with Gasteiger partial charge in [-0.1, -0.05) is 41.4 Å². The summed E-state index contributed by atoms with van der Waals surface area (Å²) in [6.45, 7) is 3.23. The Morgan fingerprint density at radius 3 is 2.18 bits per heavy atom. The zero-order valence-electron chi connectivity index (χ0n) is 18.7. The van der Waals surface area contributed by atoms with Crippen LogP contribution in [0.25, 0.3) is 0 Å². The molecule has 34 heavy (non-hydrogen) atoms. The Balaban J connectivity index is 1.73. The molecule has 0 fully saturated rings. The molecule has 0 atom stereocenters. The molecule has 3 aromatic rings. The van der Waals surface area contributed by atoms with Crippen molar-refractivity contribution >= 4 is 54.6 Å². The number of benzene rings is 3. The number of sulfonamides is 2. The number of hydrogen-bond donors (Lipinski definition) is 2. The lowest BCUT2D eigenvalue weighted by atomic mass is 10.1. The van der Waals surface area contributed by atoms with E-state index in [9.17, 15) is 21.6 Å². The molecule has 0 aromatic heterocycles. The molecule has 2 N–H and O–H groups in total. The van der Waals surface area contributed by atoms with Crippen LogP contribution in [0.15, 0.2) is 71.6 Å². The second kappa shape index (κ2) is 10.0. The molecule has 0 aliphatic rings. The van der Waals surface area contributed by atoms with E-state index in [4.69, 9.17) is 11.6 Å². The highest BCUT2D eigenvalue weighted by Crippen LogP contribution is 2.27. The molecule has 3 rings (SSSR count). The summed E-state index contributed by atoms with van der Waals surface area (Å²) in [6.07, 6.45) is 0.978. The van der Waals surface area contributed by atoms with Gasteiger partial charge in [0.05, 0.1) is 27.5 Å². The number of aryl methyl sites for hydroxylation is 2. The van der Waals surface area contributed by atoms with Gasteiger partial charge in [0, 0.05) is 5.69 Å². The smallest absolute Gasteiger partial charge is 0.261 e. The van der Waals surface area contributed by atoms with Crippen molar-refractivity contribution in [1.29, 1.82) is 0 Å². The van der Waals surface area contributed by atoms with Crippen molar-refractivity contribution in [2.24, 2.45) is 0 Å². The van der Waals surface area contributed by atoms with Crippen LogP contribution in [-0.4, -0.2) is 35.5 Å². The van der Waals surface area contributed by atoms with Crippen molar-refractivity contribution in [3.05, 3.63) is 82.9 Å². The lowest BCUT2D eigenvalue weighted by Gasteiger charge is -2.22. The summed E-state index contributed by atoms with van der Waals surface area (Å²) < 4.78 is 53.4. The molecule has 1 amide bonds. The second-order valence-corrected chi connectivity index (χ2v) is 11.7. The molecule has 0 aliphatic carbocycles. The molecule has 11 heteroatoms. The minimum absolute atomic E-state index is 0.0132. The van der Waals surface area contributed by atoms with Crippen molar-refractivity contribution < 1.29 is 21.6 Å². The molecule has 0 spiro atoms. The molecule has 0 saturated carbocycles. The van der Waals surface area contributed by atoms with Crippen LogP contribution in [0.2, 0.25) is 5.02 Å². The Labute approximate surface area is 204 Å². The Kier molecular flexibility index (Phi) is 7.54. The Morgan fingerprint density at radius 1 is 0.941 bits per heavy atom. The van der Waals surface area contributed by atoms with E-state index < -0.39 is 32.5 Å². The van der Waals surface area contributed by atoms with Crippen LogP contribution in [0.5, 0.6) is 0 Å². The summed E-state index contributed by atoms with van der Waals surface area (Å²) in [7, 11) is -7.63. The third kappa shape index (κ3) is 6.28. The number of rotatable bonds is 8. The van der Waals surface area contributed by atoms with E-state index in [0.717, 1.165) is 21.7 Å². The first-order chi connectivity index (χ1) is 15.9. The number of carbonyl (C=O) groups is 1. The van der Waals surface area contributed by atoms with E-state index in [0.29, 0.717) is 11.4 Å². The van der Waals surface area contributed by atoms with Gasteiger partial charge in [-0.05, 0) is 61.9 Å². The second-order valence-electron chi connectivity index (χ2n) is 7.72. The van der Waals surface area contributed by atoms with Gasteiger partial charge < -0.3 is 5.32 Å². The number of nitrogens with zero attached hydrogens (tertiary/aromatic N) is 1. The van der Waals surface area contributed by atoms with Gasteiger partial charge in [0.25, 0.3) is 10.0 Å². The molecule has 0 aliphatic heterocycles. The van der Waals surface area contributed by atoms with Gasteiger partial charge in [-0.25, -0.2) is 16.8 Å². The highest BCUT2D eigenvalue weighted by molar-refractivity contribution is 7.92. The number of carbonyl (C=O) groups excluding carboxylic acids is 1. The third-order valence-corrected chi connectivity index (χ3v) is 7.71. The van der Waals surface area contributed by atoms with Crippen LogP contribution in [0, 0.1) is 13.8 Å². The van der Waals surface area contributed by atoms with Crippen LogP contribution in [0.1, 0.15) is 11.1 Å². The van der Waals surface area contributed by atoms with Crippen molar-refractivity contribution in [2.75, 3.05) is 27.1 Å². The molecule has 0 heterocycles. The quantitative estimate of drug-likeness (QED) is 0.462. The molecular formula is C23H24ClN3O5S2. The van der Waals surface area contributed by atoms with Crippen molar-refractivity contribution in [3.63, 3.8) is 0 Å². The Morgan fingerprint density at radius 2 is 1.59 bits per heavy atom. The number of hydrogen-bond acceptors (Lipinski definition) is 5. The first-order valence-corrected chi connectivity index (χ1v) is 13.8. The van der Waals surface area contributed by atoms with Crippen molar-refractivity contribution in [2.45, 2.75) is 18.7 Å². The molecule has 0 bridgehead atoms. The molecule has 180 valence electrons. The van der Waals surface area contributed by atoms with Crippen molar-refractivity contribution in [1.82, 2.24) is 0 Å². The number of para-hydroxylation sites is 1. The lowest BCUT2D eigenvalue weighted by molar-refractivity contribution is -0.114. The Hall–Kier alpha value is -3.08. The number of anilines is 3. The fourth-order valence-corrected chi connectivity index (χ4v) is 5.50. The van der Waals surface area contributed by atoms with Crippen molar-refractivity contribution in [3.8, 4) is 0 Å².